The number of carbonyl (C=O) groups excluding carboxylic acids is 4. The SMILES string of the molecule is CCCCN1C(=O)[C@H](CC(C)C)NC(=O)C12CCN(C[C@H]1CC(=O)ONC(=O)c3ccc1cc3)CC2. The number of piperidine rings is 1. The normalized spacial score (nSPS) is 24.6. The van der Waals surface area contributed by atoms with Crippen LogP contribution in [-0.4, -0.2) is 71.3 Å². The second kappa shape index (κ2) is 11.0. The lowest BCUT2D eigenvalue weighted by atomic mass is 9.80. The Kier molecular flexibility index (Phi) is 7.97. The molecule has 2 atom stereocenters. The Morgan fingerprint density at radius 2 is 1.78 bits per heavy atom. The summed E-state index contributed by atoms with van der Waals surface area (Å²) in [5.41, 5.74) is 2.80. The summed E-state index contributed by atoms with van der Waals surface area (Å²) in [6.07, 6.45) is 3.74. The molecule has 0 unspecified atom stereocenters. The number of hydrogen-bond donors (Lipinski definition) is 2. The van der Waals surface area contributed by atoms with Crippen LogP contribution in [0, 0.1) is 5.92 Å². The highest BCUT2D eigenvalue weighted by Gasteiger charge is 2.53. The van der Waals surface area contributed by atoms with Gasteiger partial charge in [0.15, 0.2) is 0 Å². The summed E-state index contributed by atoms with van der Waals surface area (Å²) in [6.45, 7) is 8.75. The Labute approximate surface area is 212 Å². The Bertz CT molecular complexity index is 984. The van der Waals surface area contributed by atoms with Gasteiger partial charge in [-0.15, -0.1) is 0 Å². The van der Waals surface area contributed by atoms with Crippen molar-refractivity contribution in [3.63, 3.8) is 0 Å². The van der Waals surface area contributed by atoms with Crippen molar-refractivity contribution in [2.24, 2.45) is 5.92 Å². The van der Waals surface area contributed by atoms with Crippen LogP contribution in [0.15, 0.2) is 24.3 Å². The monoisotopic (exact) mass is 498 g/mol. The highest BCUT2D eigenvalue weighted by molar-refractivity contribution is 6.00. The number of hydroxylamine groups is 1. The number of carbonyl (C=O) groups is 4. The number of rotatable bonds is 7. The van der Waals surface area contributed by atoms with Crippen LogP contribution in [0.3, 0.4) is 0 Å². The standard InChI is InChI=1S/C27H38N4O5/c1-4-5-12-31-25(34)22(15-18(2)3)28-26(35)27(31)10-13-30(14-11-27)17-21-16-23(32)36-29-24(33)20-8-6-19(21)7-9-20/h6-9,18,21-22H,4-5,10-17H2,1-3H3,(H,28,35)(H,29,33)/t21-,22+/m1/s1. The number of nitrogens with one attached hydrogen (secondary N) is 2. The summed E-state index contributed by atoms with van der Waals surface area (Å²) in [4.78, 5) is 60.3. The summed E-state index contributed by atoms with van der Waals surface area (Å²) in [5.74, 6) is -0.709. The molecule has 36 heavy (non-hydrogen) atoms. The maximum atomic E-state index is 13.5. The minimum absolute atomic E-state index is 0.0305. The third-order valence-electron chi connectivity index (χ3n) is 7.73. The second-order valence-corrected chi connectivity index (χ2v) is 10.8. The van der Waals surface area contributed by atoms with E-state index in [4.69, 9.17) is 4.84 Å². The van der Waals surface area contributed by atoms with Gasteiger partial charge in [-0.2, -0.15) is 5.48 Å². The van der Waals surface area contributed by atoms with Crippen LogP contribution >= 0.6 is 0 Å². The van der Waals surface area contributed by atoms with Crippen molar-refractivity contribution in [1.29, 1.82) is 0 Å². The molecule has 5 rings (SSSR count). The third-order valence-corrected chi connectivity index (χ3v) is 7.73. The molecule has 2 bridgehead atoms. The van der Waals surface area contributed by atoms with Crippen LogP contribution in [0.1, 0.15) is 81.1 Å². The number of fused-ring (bicyclic) bond motifs is 7. The number of hydrogen-bond acceptors (Lipinski definition) is 6. The average Bonchev–Trinajstić information content (AvgIpc) is 2.86. The van der Waals surface area contributed by atoms with Crippen LogP contribution < -0.4 is 10.8 Å². The molecule has 4 heterocycles. The molecule has 2 fully saturated rings. The van der Waals surface area contributed by atoms with Gasteiger partial charge in [-0.3, -0.25) is 14.4 Å². The van der Waals surface area contributed by atoms with Crippen molar-refractivity contribution in [2.75, 3.05) is 26.2 Å². The summed E-state index contributed by atoms with van der Waals surface area (Å²) in [7, 11) is 0. The molecule has 2 saturated heterocycles. The van der Waals surface area contributed by atoms with E-state index in [1.165, 1.54) is 0 Å². The quantitative estimate of drug-likeness (QED) is 0.598. The molecule has 2 N–H and O–H groups in total. The fourth-order valence-electron chi connectivity index (χ4n) is 5.66. The number of unbranched alkanes of at least 4 members (excludes halogenated alkanes) is 1. The van der Waals surface area contributed by atoms with Crippen LogP contribution in [0.4, 0.5) is 0 Å². The maximum absolute atomic E-state index is 13.5. The van der Waals surface area contributed by atoms with E-state index >= 15 is 0 Å². The minimum Gasteiger partial charge on any atom is -0.342 e. The lowest BCUT2D eigenvalue weighted by Crippen LogP contribution is -2.73. The molecular weight excluding hydrogens is 460 g/mol. The molecular formula is C27H38N4O5. The lowest BCUT2D eigenvalue weighted by Gasteiger charge is -2.52. The van der Waals surface area contributed by atoms with Crippen molar-refractivity contribution in [3.8, 4) is 0 Å². The summed E-state index contributed by atoms with van der Waals surface area (Å²) < 4.78 is 0. The zero-order chi connectivity index (χ0) is 25.9. The lowest BCUT2D eigenvalue weighted by molar-refractivity contribution is -0.161. The Morgan fingerprint density at radius 3 is 2.42 bits per heavy atom. The van der Waals surface area contributed by atoms with E-state index in [0.717, 1.165) is 18.4 Å². The van der Waals surface area contributed by atoms with Crippen LogP contribution in [0.5, 0.6) is 0 Å². The third kappa shape index (κ3) is 5.40. The second-order valence-electron chi connectivity index (χ2n) is 10.8. The van der Waals surface area contributed by atoms with Crippen molar-refractivity contribution >= 4 is 23.7 Å². The van der Waals surface area contributed by atoms with Crippen LogP contribution in [0.2, 0.25) is 0 Å². The zero-order valence-electron chi connectivity index (χ0n) is 21.5. The largest absolute Gasteiger partial charge is 0.342 e. The molecule has 4 aliphatic rings. The molecule has 4 aliphatic heterocycles. The number of piperazine rings is 1. The topological polar surface area (TPSA) is 108 Å². The first-order valence-corrected chi connectivity index (χ1v) is 13.2. The first kappa shape index (κ1) is 26.1. The maximum Gasteiger partial charge on any atom is 0.332 e. The van der Waals surface area contributed by atoms with Crippen molar-refractivity contribution in [2.45, 2.75) is 76.8 Å². The fraction of sp³-hybridized carbons (Fsp3) is 0.630. The van der Waals surface area contributed by atoms with E-state index in [1.807, 2.05) is 17.0 Å². The van der Waals surface area contributed by atoms with Gasteiger partial charge in [0.05, 0.1) is 6.42 Å². The molecule has 1 spiro atoms. The summed E-state index contributed by atoms with van der Waals surface area (Å²) in [6, 6.07) is 6.80. The van der Waals surface area contributed by atoms with Crippen LogP contribution in [0.25, 0.3) is 0 Å². The minimum atomic E-state index is -0.808. The van der Waals surface area contributed by atoms with E-state index in [2.05, 4.69) is 36.5 Å². The predicted molar refractivity (Wildman–Crippen MR) is 134 cm³/mol. The molecule has 9 nitrogen and oxygen atoms in total. The highest BCUT2D eigenvalue weighted by atomic mass is 16.7. The predicted octanol–water partition coefficient (Wildman–Crippen LogP) is 2.37. The zero-order valence-corrected chi connectivity index (χ0v) is 21.5. The number of likely N-dealkylation sites (tertiary alicyclic amines) is 1. The molecule has 3 amide bonds. The van der Waals surface area contributed by atoms with Gasteiger partial charge in [0.25, 0.3) is 5.91 Å². The molecule has 1 aromatic carbocycles. The van der Waals surface area contributed by atoms with E-state index in [-0.39, 0.29) is 24.2 Å². The molecule has 196 valence electrons. The Morgan fingerprint density at radius 1 is 1.08 bits per heavy atom. The van der Waals surface area contributed by atoms with Gasteiger partial charge in [0, 0.05) is 37.7 Å². The summed E-state index contributed by atoms with van der Waals surface area (Å²) in [5, 5.41) is 3.05. The van der Waals surface area contributed by atoms with E-state index < -0.39 is 23.5 Å². The Balaban J connectivity index is 1.48. The Hall–Kier alpha value is -2.94. The fourth-order valence-corrected chi connectivity index (χ4v) is 5.66. The van der Waals surface area contributed by atoms with Crippen LogP contribution in [-0.2, 0) is 19.2 Å². The van der Waals surface area contributed by atoms with E-state index in [1.54, 1.807) is 12.1 Å². The van der Waals surface area contributed by atoms with E-state index in [9.17, 15) is 19.2 Å². The first-order valence-electron chi connectivity index (χ1n) is 13.2. The molecule has 0 aliphatic carbocycles. The number of amides is 3. The van der Waals surface area contributed by atoms with Gasteiger partial charge in [-0.25, -0.2) is 4.79 Å². The smallest absolute Gasteiger partial charge is 0.332 e. The first-order chi connectivity index (χ1) is 17.2. The highest BCUT2D eigenvalue weighted by Crippen LogP contribution is 2.35. The van der Waals surface area contributed by atoms with Crippen molar-refractivity contribution in [3.05, 3.63) is 35.4 Å². The summed E-state index contributed by atoms with van der Waals surface area (Å²) >= 11 is 0. The molecule has 0 radical (unpaired) electrons. The average molecular weight is 499 g/mol. The van der Waals surface area contributed by atoms with Gasteiger partial charge in [-0.05, 0) is 49.3 Å². The van der Waals surface area contributed by atoms with E-state index in [0.29, 0.717) is 56.9 Å². The van der Waals surface area contributed by atoms with Gasteiger partial charge in [0.2, 0.25) is 11.8 Å². The van der Waals surface area contributed by atoms with Gasteiger partial charge >= 0.3 is 5.97 Å². The van der Waals surface area contributed by atoms with Gasteiger partial charge < -0.3 is 20.0 Å². The van der Waals surface area contributed by atoms with Crippen molar-refractivity contribution < 1.29 is 24.0 Å². The number of nitrogens with zero attached hydrogens (tertiary/aromatic N) is 2. The molecule has 0 saturated carbocycles. The number of benzene rings is 1. The van der Waals surface area contributed by atoms with Gasteiger partial charge in [-0.1, -0.05) is 39.3 Å². The molecule has 1 aromatic rings. The van der Waals surface area contributed by atoms with Gasteiger partial charge in [0.1, 0.15) is 11.6 Å². The molecule has 0 aromatic heterocycles. The van der Waals surface area contributed by atoms with Crippen molar-refractivity contribution in [1.82, 2.24) is 20.6 Å². The molecule has 9 heteroatoms.